The molecule has 133 valence electrons. The molecule has 0 heterocycles. The maximum absolute atomic E-state index is 3.73. The summed E-state index contributed by atoms with van der Waals surface area (Å²) in [5, 5.41) is 13.0. The fourth-order valence-electron chi connectivity index (χ4n) is 4.45. The monoisotopic (exact) mass is 398 g/mol. The Morgan fingerprint density at radius 1 is 0.769 bits per heavy atom. The Labute approximate surface area is 162 Å². The van der Waals surface area contributed by atoms with Crippen LogP contribution in [0.2, 0.25) is 0 Å². The van der Waals surface area contributed by atoms with Crippen LogP contribution in [0.1, 0.15) is 11.1 Å². The normalized spacial score (nSPS) is 18.9. The summed E-state index contributed by atoms with van der Waals surface area (Å²) in [6.07, 6.45) is 4.68. The van der Waals surface area contributed by atoms with E-state index in [1.54, 1.807) is 0 Å². The zero-order chi connectivity index (χ0) is 18.4. The Morgan fingerprint density at radius 3 is 1.73 bits per heavy atom. The molecular formula is C22H28N3Zn. The third kappa shape index (κ3) is 3.92. The summed E-state index contributed by atoms with van der Waals surface area (Å²) in [7, 11) is 6.15. The molecule has 4 heteroatoms. The molecule has 26 heavy (non-hydrogen) atoms. The van der Waals surface area contributed by atoms with E-state index in [1.807, 2.05) is 14.1 Å². The van der Waals surface area contributed by atoms with E-state index in [9.17, 15) is 0 Å². The summed E-state index contributed by atoms with van der Waals surface area (Å²) in [5.41, 5.74) is 5.42. The van der Waals surface area contributed by atoms with Crippen molar-refractivity contribution >= 4 is 0 Å². The zero-order valence-corrected chi connectivity index (χ0v) is 19.0. The van der Waals surface area contributed by atoms with Gasteiger partial charge in [0.25, 0.3) is 0 Å². The first-order chi connectivity index (χ1) is 12.7. The molecular weight excluding hydrogens is 372 g/mol. The number of benzene rings is 2. The number of allylic oxidation sites excluding steroid dienone is 1. The van der Waals surface area contributed by atoms with Crippen molar-refractivity contribution in [2.24, 2.45) is 0 Å². The first-order valence-corrected chi connectivity index (χ1v) is 15.2. The van der Waals surface area contributed by atoms with Gasteiger partial charge < -0.3 is 0 Å². The summed E-state index contributed by atoms with van der Waals surface area (Å²) in [6, 6.07) is 21.9. The van der Waals surface area contributed by atoms with Crippen LogP contribution in [0.25, 0.3) is 0 Å². The second-order valence-electron chi connectivity index (χ2n) is 7.20. The number of likely N-dealkylation sites (N-methyl/N-ethyl adjacent to an activating group) is 3. The van der Waals surface area contributed by atoms with E-state index in [0.717, 1.165) is 0 Å². The summed E-state index contributed by atoms with van der Waals surface area (Å²) < 4.78 is -0.0151. The molecule has 0 fully saturated rings. The molecule has 1 aliphatic carbocycles. The predicted octanol–water partition coefficient (Wildman–Crippen LogP) is 3.14. The van der Waals surface area contributed by atoms with Gasteiger partial charge in [-0.1, -0.05) is 0 Å². The van der Waals surface area contributed by atoms with Crippen LogP contribution in [0.15, 0.2) is 84.2 Å². The molecule has 2 aromatic rings. The molecule has 2 aromatic carbocycles. The van der Waals surface area contributed by atoms with Gasteiger partial charge in [-0.3, -0.25) is 0 Å². The van der Waals surface area contributed by atoms with E-state index in [1.165, 1.54) is 32.6 Å². The van der Waals surface area contributed by atoms with Crippen LogP contribution in [-0.4, -0.2) is 25.3 Å². The molecule has 0 amide bonds. The van der Waals surface area contributed by atoms with Gasteiger partial charge in [0.1, 0.15) is 0 Å². The van der Waals surface area contributed by atoms with Crippen molar-refractivity contribution < 1.29 is 16.0 Å². The molecule has 0 aliphatic heterocycles. The van der Waals surface area contributed by atoms with E-state index in [0.29, 0.717) is 0 Å². The predicted molar refractivity (Wildman–Crippen MR) is 106 cm³/mol. The van der Waals surface area contributed by atoms with Crippen molar-refractivity contribution in [3.63, 3.8) is 0 Å². The van der Waals surface area contributed by atoms with Gasteiger partial charge in [0.2, 0.25) is 0 Å². The quantitative estimate of drug-likeness (QED) is 0.597. The van der Waals surface area contributed by atoms with Crippen LogP contribution in [0.3, 0.4) is 0 Å². The standard InChI is InChI=1S/C8H14N3.2C7H7.Zn/c1-9-6-4-7(10-2)8(5-6)11-3;2*1-7-5-3-2-4-6-7;/h4-5,9-11H,1-3H3;2*2-6H,1H2;. The van der Waals surface area contributed by atoms with Gasteiger partial charge in [-0.2, -0.15) is 0 Å². The molecule has 3 N–H and O–H groups in total. The number of hydrogen-bond donors (Lipinski definition) is 3. The molecule has 0 bridgehead atoms. The summed E-state index contributed by atoms with van der Waals surface area (Å²) in [4.78, 5) is 0. The second kappa shape index (κ2) is 8.66. The van der Waals surface area contributed by atoms with Gasteiger partial charge in [-0.15, -0.1) is 0 Å². The van der Waals surface area contributed by atoms with Gasteiger partial charge in [0, 0.05) is 0 Å². The summed E-state index contributed by atoms with van der Waals surface area (Å²) in [5.74, 6) is 0. The van der Waals surface area contributed by atoms with Crippen molar-refractivity contribution in [1.82, 2.24) is 16.0 Å². The third-order valence-electron chi connectivity index (χ3n) is 5.84. The number of nitrogens with one attached hydrogen (secondary N) is 3. The van der Waals surface area contributed by atoms with E-state index < -0.39 is 16.0 Å². The fourth-order valence-corrected chi connectivity index (χ4v) is 14.6. The van der Waals surface area contributed by atoms with Crippen molar-refractivity contribution in [2.75, 3.05) is 21.1 Å². The molecule has 0 saturated heterocycles. The molecule has 3 nitrogen and oxygen atoms in total. The van der Waals surface area contributed by atoms with Crippen molar-refractivity contribution in [3.8, 4) is 0 Å². The Hall–Kier alpha value is -1.90. The Kier molecular flexibility index (Phi) is 6.29. The maximum atomic E-state index is 3.73. The topological polar surface area (TPSA) is 36.1 Å². The second-order valence-corrected chi connectivity index (χ2v) is 15.2. The molecule has 0 saturated carbocycles. The molecule has 1 atom stereocenters. The van der Waals surface area contributed by atoms with Gasteiger partial charge >= 0.3 is 163 Å². The Bertz CT molecular complexity index is 729. The minimum absolute atomic E-state index is 0.0151. The van der Waals surface area contributed by atoms with Crippen LogP contribution < -0.4 is 16.0 Å². The summed E-state index contributed by atoms with van der Waals surface area (Å²) >= 11 is -2.23. The van der Waals surface area contributed by atoms with Crippen LogP contribution in [0.4, 0.5) is 0 Å². The molecule has 3 rings (SSSR count). The minimum atomic E-state index is -2.23. The van der Waals surface area contributed by atoms with Gasteiger partial charge in [0.05, 0.1) is 0 Å². The third-order valence-corrected chi connectivity index (χ3v) is 16.1. The van der Waals surface area contributed by atoms with Crippen LogP contribution in [0, 0.1) is 0 Å². The molecule has 1 unspecified atom stereocenters. The first kappa shape index (κ1) is 18.9. The van der Waals surface area contributed by atoms with E-state index in [4.69, 9.17) is 0 Å². The van der Waals surface area contributed by atoms with Crippen molar-refractivity contribution in [2.45, 2.75) is 14.2 Å². The van der Waals surface area contributed by atoms with Gasteiger partial charge in [-0.05, 0) is 0 Å². The molecule has 0 spiro atoms. The Balaban J connectivity index is 2.00. The van der Waals surface area contributed by atoms with Crippen LogP contribution >= 0.6 is 0 Å². The van der Waals surface area contributed by atoms with Crippen LogP contribution in [-0.2, 0) is 26.0 Å². The Morgan fingerprint density at radius 2 is 1.31 bits per heavy atom. The molecule has 1 aliphatic rings. The average molecular weight is 400 g/mol. The number of rotatable bonds is 8. The zero-order valence-electron chi connectivity index (χ0n) is 16.0. The van der Waals surface area contributed by atoms with E-state index in [-0.39, 0.29) is 4.13 Å². The summed E-state index contributed by atoms with van der Waals surface area (Å²) in [6.45, 7) is 0. The fraction of sp³-hybridized carbons (Fsp3) is 0.273. The van der Waals surface area contributed by atoms with Gasteiger partial charge in [-0.25, -0.2) is 0 Å². The van der Waals surface area contributed by atoms with Crippen LogP contribution in [0.5, 0.6) is 0 Å². The first-order valence-electron chi connectivity index (χ1n) is 9.54. The molecule has 0 radical (unpaired) electrons. The van der Waals surface area contributed by atoms with E-state index in [2.05, 4.69) is 95.8 Å². The molecule has 0 aromatic heterocycles. The number of hydrogen-bond acceptors (Lipinski definition) is 3. The van der Waals surface area contributed by atoms with Gasteiger partial charge in [0.15, 0.2) is 0 Å². The average Bonchev–Trinajstić information content (AvgIpc) is 3.08. The van der Waals surface area contributed by atoms with Crippen molar-refractivity contribution in [1.29, 1.82) is 0 Å². The van der Waals surface area contributed by atoms with Crippen molar-refractivity contribution in [3.05, 3.63) is 95.3 Å². The SMILES string of the molecule is CNC1=C[C](NC)([Zn]([CH2]c2ccccc2)[CH2]c2ccccc2)C(NC)=C1. The van der Waals surface area contributed by atoms with E-state index >= 15 is 0 Å².